The van der Waals surface area contributed by atoms with Crippen molar-refractivity contribution in [2.24, 2.45) is 0 Å². The van der Waals surface area contributed by atoms with Gasteiger partial charge in [-0.1, -0.05) is 17.7 Å². The van der Waals surface area contributed by atoms with Crippen molar-refractivity contribution in [3.8, 4) is 0 Å². The molecule has 1 heterocycles. The fourth-order valence-corrected chi connectivity index (χ4v) is 1.89. The average Bonchev–Trinajstić information content (AvgIpc) is 2.52. The van der Waals surface area contributed by atoms with Gasteiger partial charge in [0.1, 0.15) is 0 Å². The van der Waals surface area contributed by atoms with E-state index in [1.807, 2.05) is 13.1 Å². The first-order valence-corrected chi connectivity index (χ1v) is 4.39. The normalized spacial score (nSPS) is 13.4. The van der Waals surface area contributed by atoms with E-state index in [0.29, 0.717) is 0 Å². The van der Waals surface area contributed by atoms with Crippen LogP contribution < -0.4 is 10.6 Å². The van der Waals surface area contributed by atoms with Gasteiger partial charge in [0.15, 0.2) is 0 Å². The fraction of sp³-hybridized carbons (Fsp3) is 0.333. The van der Waals surface area contributed by atoms with Crippen LogP contribution in [0.3, 0.4) is 0 Å². The van der Waals surface area contributed by atoms with E-state index in [2.05, 4.69) is 16.7 Å². The summed E-state index contributed by atoms with van der Waals surface area (Å²) in [6.07, 6.45) is 0. The molecule has 1 aliphatic heterocycles. The van der Waals surface area contributed by atoms with Crippen LogP contribution in [0.2, 0.25) is 5.02 Å². The first-order valence-electron chi connectivity index (χ1n) is 4.01. The van der Waals surface area contributed by atoms with Gasteiger partial charge in [-0.3, -0.25) is 0 Å². The molecule has 13 heavy (non-hydrogen) atoms. The van der Waals surface area contributed by atoms with Gasteiger partial charge in [0.25, 0.3) is 0 Å². The molecular formula is C9H12Cl2N2. The molecule has 2 rings (SSSR count). The fourth-order valence-electron chi connectivity index (χ4n) is 1.62. The van der Waals surface area contributed by atoms with Crippen LogP contribution in [0.15, 0.2) is 12.1 Å². The number of nitrogens with one attached hydrogen (secondary N) is 2. The van der Waals surface area contributed by atoms with E-state index in [0.717, 1.165) is 23.8 Å². The summed E-state index contributed by atoms with van der Waals surface area (Å²) < 4.78 is 0. The van der Waals surface area contributed by atoms with Crippen molar-refractivity contribution < 1.29 is 0 Å². The minimum atomic E-state index is 0. The second kappa shape index (κ2) is 4.18. The molecule has 4 heteroatoms. The van der Waals surface area contributed by atoms with E-state index in [4.69, 9.17) is 11.6 Å². The van der Waals surface area contributed by atoms with Gasteiger partial charge in [-0.05, 0) is 17.2 Å². The van der Waals surface area contributed by atoms with Crippen molar-refractivity contribution in [3.05, 3.63) is 28.3 Å². The van der Waals surface area contributed by atoms with Gasteiger partial charge in [-0.2, -0.15) is 0 Å². The first kappa shape index (κ1) is 10.6. The molecular weight excluding hydrogens is 207 g/mol. The van der Waals surface area contributed by atoms with Crippen LogP contribution in [-0.2, 0) is 13.1 Å². The summed E-state index contributed by atoms with van der Waals surface area (Å²) in [5.74, 6) is 0. The zero-order valence-electron chi connectivity index (χ0n) is 7.36. The Balaban J connectivity index is 0.000000845. The molecule has 1 aliphatic rings. The summed E-state index contributed by atoms with van der Waals surface area (Å²) in [7, 11) is 1.90. The molecule has 1 aromatic rings. The molecule has 2 nitrogen and oxygen atoms in total. The molecule has 0 amide bonds. The lowest BCUT2D eigenvalue weighted by molar-refractivity contribution is 0.765. The number of hydrogen-bond acceptors (Lipinski definition) is 2. The molecule has 0 bridgehead atoms. The summed E-state index contributed by atoms with van der Waals surface area (Å²) in [6.45, 7) is 1.88. The van der Waals surface area contributed by atoms with Crippen LogP contribution in [0.25, 0.3) is 0 Å². The highest BCUT2D eigenvalue weighted by Gasteiger charge is 2.15. The zero-order chi connectivity index (χ0) is 8.55. The van der Waals surface area contributed by atoms with Gasteiger partial charge in [-0.15, -0.1) is 12.4 Å². The Kier molecular flexibility index (Phi) is 3.42. The summed E-state index contributed by atoms with van der Waals surface area (Å²) in [6, 6.07) is 4.03. The number of hydrogen-bond donors (Lipinski definition) is 2. The summed E-state index contributed by atoms with van der Waals surface area (Å²) >= 11 is 6.02. The molecule has 0 spiro atoms. The molecule has 0 radical (unpaired) electrons. The van der Waals surface area contributed by atoms with Crippen LogP contribution in [0.1, 0.15) is 11.1 Å². The Bertz CT molecular complexity index is 313. The van der Waals surface area contributed by atoms with Crippen molar-refractivity contribution in [1.29, 1.82) is 0 Å². The van der Waals surface area contributed by atoms with E-state index < -0.39 is 0 Å². The second-order valence-corrected chi connectivity index (χ2v) is 3.32. The third-order valence-corrected chi connectivity index (χ3v) is 2.54. The summed E-state index contributed by atoms with van der Waals surface area (Å²) in [5, 5.41) is 7.22. The smallest absolute Gasteiger partial charge is 0.0640 e. The molecule has 0 saturated heterocycles. The lowest BCUT2D eigenvalue weighted by Crippen LogP contribution is -2.01. The van der Waals surface area contributed by atoms with Gasteiger partial charge < -0.3 is 10.6 Å². The summed E-state index contributed by atoms with van der Waals surface area (Å²) in [4.78, 5) is 0. The van der Waals surface area contributed by atoms with E-state index >= 15 is 0 Å². The van der Waals surface area contributed by atoms with Crippen LogP contribution in [0.4, 0.5) is 5.69 Å². The number of benzene rings is 1. The van der Waals surface area contributed by atoms with Crippen LogP contribution in [0.5, 0.6) is 0 Å². The monoisotopic (exact) mass is 218 g/mol. The molecule has 0 atom stereocenters. The number of fused-ring (bicyclic) bond motifs is 1. The van der Waals surface area contributed by atoms with Gasteiger partial charge in [0.2, 0.25) is 0 Å². The molecule has 0 aliphatic carbocycles. The van der Waals surface area contributed by atoms with Crippen molar-refractivity contribution in [1.82, 2.24) is 5.32 Å². The maximum Gasteiger partial charge on any atom is 0.0640 e. The minimum absolute atomic E-state index is 0. The highest BCUT2D eigenvalue weighted by Crippen LogP contribution is 2.30. The van der Waals surface area contributed by atoms with Gasteiger partial charge >= 0.3 is 0 Å². The summed E-state index contributed by atoms with van der Waals surface area (Å²) in [5.41, 5.74) is 3.73. The third-order valence-electron chi connectivity index (χ3n) is 2.23. The Morgan fingerprint density at radius 1 is 1.38 bits per heavy atom. The molecule has 0 fully saturated rings. The topological polar surface area (TPSA) is 24.1 Å². The maximum atomic E-state index is 6.02. The lowest BCUT2D eigenvalue weighted by Gasteiger charge is -2.08. The number of anilines is 1. The molecule has 0 unspecified atom stereocenters. The predicted molar refractivity (Wildman–Crippen MR) is 58.8 cm³/mol. The first-order chi connectivity index (χ1) is 5.83. The quantitative estimate of drug-likeness (QED) is 0.757. The second-order valence-electron chi connectivity index (χ2n) is 2.91. The van der Waals surface area contributed by atoms with E-state index in [9.17, 15) is 0 Å². The van der Waals surface area contributed by atoms with Gasteiger partial charge in [0, 0.05) is 20.1 Å². The Morgan fingerprint density at radius 3 is 2.85 bits per heavy atom. The predicted octanol–water partition coefficient (Wildman–Crippen LogP) is 2.41. The standard InChI is InChI=1S/C9H11ClN2.ClH/c1-11-9-7-5-12-4-6(7)2-3-8(9)10;/h2-3,11-12H,4-5H2,1H3;1H. The molecule has 2 N–H and O–H groups in total. The number of halogens is 2. The van der Waals surface area contributed by atoms with E-state index in [1.165, 1.54) is 11.1 Å². The molecule has 0 saturated carbocycles. The minimum Gasteiger partial charge on any atom is -0.387 e. The van der Waals surface area contributed by atoms with E-state index in [-0.39, 0.29) is 12.4 Å². The van der Waals surface area contributed by atoms with Crippen molar-refractivity contribution in [2.45, 2.75) is 13.1 Å². The Morgan fingerprint density at radius 2 is 2.15 bits per heavy atom. The molecule has 72 valence electrons. The Hall–Kier alpha value is -0.440. The maximum absolute atomic E-state index is 6.02. The Labute approximate surface area is 89.1 Å². The van der Waals surface area contributed by atoms with Crippen LogP contribution >= 0.6 is 24.0 Å². The lowest BCUT2D eigenvalue weighted by atomic mass is 10.1. The highest BCUT2D eigenvalue weighted by molar-refractivity contribution is 6.33. The highest BCUT2D eigenvalue weighted by atomic mass is 35.5. The van der Waals surface area contributed by atoms with Crippen LogP contribution in [0, 0.1) is 0 Å². The van der Waals surface area contributed by atoms with Crippen molar-refractivity contribution >= 4 is 29.7 Å². The van der Waals surface area contributed by atoms with Crippen molar-refractivity contribution in [3.63, 3.8) is 0 Å². The van der Waals surface area contributed by atoms with E-state index in [1.54, 1.807) is 0 Å². The van der Waals surface area contributed by atoms with Crippen LogP contribution in [-0.4, -0.2) is 7.05 Å². The van der Waals surface area contributed by atoms with Gasteiger partial charge in [-0.25, -0.2) is 0 Å². The largest absolute Gasteiger partial charge is 0.387 e. The molecule has 0 aromatic heterocycles. The SMILES string of the molecule is CNc1c(Cl)ccc2c1CNC2.Cl. The van der Waals surface area contributed by atoms with Crippen molar-refractivity contribution in [2.75, 3.05) is 12.4 Å². The third kappa shape index (κ3) is 1.75. The average molecular weight is 219 g/mol. The zero-order valence-corrected chi connectivity index (χ0v) is 8.93. The number of rotatable bonds is 1. The van der Waals surface area contributed by atoms with Gasteiger partial charge in [0.05, 0.1) is 10.7 Å². The molecule has 1 aromatic carbocycles.